The van der Waals surface area contributed by atoms with Crippen molar-refractivity contribution in [3.05, 3.63) is 29.7 Å². The number of hydrogen-bond donors (Lipinski definition) is 2. The van der Waals surface area contributed by atoms with Gasteiger partial charge < -0.3 is 14.6 Å². The number of carbonyl (C=O) groups excluding carboxylic acids is 1. The van der Waals surface area contributed by atoms with E-state index in [-0.39, 0.29) is 29.1 Å². The highest BCUT2D eigenvalue weighted by molar-refractivity contribution is 6.01. The lowest BCUT2D eigenvalue weighted by Gasteiger charge is -2.61. The molecule has 4 aliphatic carbocycles. The summed E-state index contributed by atoms with van der Waals surface area (Å²) in [4.78, 5) is 13.3. The van der Waals surface area contributed by atoms with Crippen LogP contribution in [-0.4, -0.2) is 28.2 Å². The van der Waals surface area contributed by atoms with E-state index in [0.29, 0.717) is 24.2 Å². The highest BCUT2D eigenvalue weighted by atomic mass is 16.3. The van der Waals surface area contributed by atoms with Gasteiger partial charge in [0, 0.05) is 5.92 Å². The Labute approximate surface area is 167 Å². The number of ketones is 1. The second kappa shape index (κ2) is 6.84. The lowest BCUT2D eigenvalue weighted by molar-refractivity contribution is -0.168. The molecule has 5 rings (SSSR count). The molecule has 2 N–H and O–H groups in total. The van der Waals surface area contributed by atoms with E-state index in [1.165, 1.54) is 0 Å². The van der Waals surface area contributed by atoms with E-state index in [9.17, 15) is 15.0 Å². The van der Waals surface area contributed by atoms with Gasteiger partial charge in [0.25, 0.3) is 0 Å². The Balaban J connectivity index is 1.41. The number of furan rings is 1. The van der Waals surface area contributed by atoms with Crippen molar-refractivity contribution in [1.82, 2.24) is 0 Å². The summed E-state index contributed by atoms with van der Waals surface area (Å²) in [5, 5.41) is 21.4. The van der Waals surface area contributed by atoms with Gasteiger partial charge in [0.2, 0.25) is 0 Å². The van der Waals surface area contributed by atoms with Crippen molar-refractivity contribution < 1.29 is 19.4 Å². The van der Waals surface area contributed by atoms with Crippen LogP contribution in [-0.2, 0) is 4.79 Å². The van der Waals surface area contributed by atoms with Crippen molar-refractivity contribution in [1.29, 1.82) is 0 Å². The molecule has 1 aromatic rings. The second-order valence-electron chi connectivity index (χ2n) is 10.1. The molecule has 0 aromatic carbocycles. The molecule has 0 aliphatic heterocycles. The Kier molecular flexibility index (Phi) is 4.55. The molecule has 0 spiro atoms. The molecule has 0 amide bonds. The predicted molar refractivity (Wildman–Crippen MR) is 106 cm³/mol. The number of aliphatic hydroxyl groups is 2. The van der Waals surface area contributed by atoms with Crippen molar-refractivity contribution in [2.45, 2.75) is 70.5 Å². The zero-order chi connectivity index (χ0) is 19.5. The largest absolute Gasteiger partial charge is 0.465 e. The highest BCUT2D eigenvalue weighted by Gasteiger charge is 2.59. The van der Waals surface area contributed by atoms with Gasteiger partial charge in [-0.05, 0) is 104 Å². The summed E-state index contributed by atoms with van der Waals surface area (Å²) >= 11 is 0. The number of aliphatic hydroxyl groups excluding tert-OH is 2. The van der Waals surface area contributed by atoms with Gasteiger partial charge in [0.05, 0.1) is 18.5 Å². The zero-order valence-electron chi connectivity index (χ0n) is 16.7. The average Bonchev–Trinajstić information content (AvgIpc) is 3.18. The van der Waals surface area contributed by atoms with Crippen LogP contribution in [0.25, 0.3) is 6.08 Å². The van der Waals surface area contributed by atoms with Crippen LogP contribution in [0.2, 0.25) is 0 Å². The average molecular weight is 385 g/mol. The summed E-state index contributed by atoms with van der Waals surface area (Å²) in [5.41, 5.74) is 0.974. The quantitative estimate of drug-likeness (QED) is 0.712. The van der Waals surface area contributed by atoms with E-state index in [1.54, 1.807) is 6.26 Å². The Morgan fingerprint density at radius 2 is 2.00 bits per heavy atom. The number of rotatable bonds is 1. The van der Waals surface area contributed by atoms with Crippen LogP contribution in [0.4, 0.5) is 0 Å². The first-order valence-electron chi connectivity index (χ1n) is 11.1. The van der Waals surface area contributed by atoms with E-state index in [1.807, 2.05) is 18.2 Å². The Bertz CT molecular complexity index is 766. The number of Topliss-reactive ketones (excluding diaryl/α,β-unsaturated/α-hetero) is 1. The van der Waals surface area contributed by atoms with Gasteiger partial charge in [-0.3, -0.25) is 4.79 Å². The molecule has 4 heteroatoms. The molecule has 4 nitrogen and oxygen atoms in total. The molecule has 1 heterocycles. The molecule has 4 saturated carbocycles. The van der Waals surface area contributed by atoms with Crippen molar-refractivity contribution in [2.24, 2.45) is 35.0 Å². The van der Waals surface area contributed by atoms with Crippen molar-refractivity contribution in [3.8, 4) is 0 Å². The predicted octanol–water partition coefficient (Wildman–Crippen LogP) is 4.22. The third-order valence-electron chi connectivity index (χ3n) is 8.81. The first kappa shape index (κ1) is 18.6. The van der Waals surface area contributed by atoms with Crippen LogP contribution in [0, 0.1) is 35.0 Å². The molecule has 1 aromatic heterocycles. The lowest BCUT2D eigenvalue weighted by atomic mass is 9.45. The van der Waals surface area contributed by atoms with Crippen molar-refractivity contribution in [3.63, 3.8) is 0 Å². The number of carbonyl (C=O) groups is 1. The van der Waals surface area contributed by atoms with Gasteiger partial charge in [-0.1, -0.05) is 6.92 Å². The van der Waals surface area contributed by atoms with Crippen molar-refractivity contribution >= 4 is 11.9 Å². The summed E-state index contributed by atoms with van der Waals surface area (Å²) < 4.78 is 5.41. The Morgan fingerprint density at radius 1 is 1.14 bits per heavy atom. The van der Waals surface area contributed by atoms with Crippen LogP contribution < -0.4 is 0 Å². The summed E-state index contributed by atoms with van der Waals surface area (Å²) in [6.45, 7) is 2.36. The van der Waals surface area contributed by atoms with Gasteiger partial charge in [0.1, 0.15) is 5.76 Å². The van der Waals surface area contributed by atoms with Crippen LogP contribution in [0.3, 0.4) is 0 Å². The normalized spacial score (nSPS) is 47.3. The monoisotopic (exact) mass is 384 g/mol. The van der Waals surface area contributed by atoms with E-state index in [0.717, 1.165) is 56.3 Å². The van der Waals surface area contributed by atoms with E-state index in [2.05, 4.69) is 6.92 Å². The van der Waals surface area contributed by atoms with Crippen molar-refractivity contribution in [2.75, 3.05) is 0 Å². The summed E-state index contributed by atoms with van der Waals surface area (Å²) in [7, 11) is 0. The van der Waals surface area contributed by atoms with Gasteiger partial charge in [-0.15, -0.1) is 0 Å². The maximum Gasteiger partial charge on any atom is 0.162 e. The third-order valence-corrected chi connectivity index (χ3v) is 8.81. The molecule has 152 valence electrons. The minimum absolute atomic E-state index is 0.0412. The fourth-order valence-corrected chi connectivity index (χ4v) is 7.52. The number of hydrogen-bond acceptors (Lipinski definition) is 4. The molecule has 4 fully saturated rings. The fraction of sp³-hybridized carbons (Fsp3) is 0.708. The Hall–Kier alpha value is -1.39. The smallest absolute Gasteiger partial charge is 0.162 e. The van der Waals surface area contributed by atoms with E-state index < -0.39 is 6.10 Å². The molecular formula is C24H32O4. The molecule has 0 bridgehead atoms. The highest BCUT2D eigenvalue weighted by Crippen LogP contribution is 2.62. The third kappa shape index (κ3) is 2.83. The molecule has 28 heavy (non-hydrogen) atoms. The topological polar surface area (TPSA) is 70.7 Å². The van der Waals surface area contributed by atoms with Crippen LogP contribution in [0.5, 0.6) is 0 Å². The van der Waals surface area contributed by atoms with E-state index in [4.69, 9.17) is 4.42 Å². The fourth-order valence-electron chi connectivity index (χ4n) is 7.52. The van der Waals surface area contributed by atoms with Crippen LogP contribution in [0.1, 0.15) is 64.1 Å². The first-order chi connectivity index (χ1) is 13.5. The van der Waals surface area contributed by atoms with Gasteiger partial charge in [-0.2, -0.15) is 0 Å². The Morgan fingerprint density at radius 3 is 2.79 bits per heavy atom. The number of fused-ring (bicyclic) bond motifs is 5. The molecule has 8 unspecified atom stereocenters. The molecule has 0 saturated heterocycles. The number of allylic oxidation sites excluding steroid dienone is 1. The molecule has 4 aliphatic rings. The first-order valence-corrected chi connectivity index (χ1v) is 11.1. The van der Waals surface area contributed by atoms with Crippen LogP contribution in [0.15, 0.2) is 28.4 Å². The van der Waals surface area contributed by atoms with E-state index >= 15 is 0 Å². The SMILES string of the molecule is CC12CCC(O)CC1CCC1C3CCC(=Cc4ccco4)C(=O)C3CC(O)C12. The van der Waals surface area contributed by atoms with Crippen LogP contribution >= 0.6 is 0 Å². The maximum absolute atomic E-state index is 13.3. The van der Waals surface area contributed by atoms with Gasteiger partial charge in [0.15, 0.2) is 5.78 Å². The zero-order valence-corrected chi connectivity index (χ0v) is 16.7. The minimum Gasteiger partial charge on any atom is -0.465 e. The molecule has 0 radical (unpaired) electrons. The second-order valence-corrected chi connectivity index (χ2v) is 10.1. The maximum atomic E-state index is 13.3. The van der Waals surface area contributed by atoms with Gasteiger partial charge >= 0.3 is 0 Å². The summed E-state index contributed by atoms with van der Waals surface area (Å²) in [6, 6.07) is 3.73. The molecular weight excluding hydrogens is 352 g/mol. The minimum atomic E-state index is -0.402. The van der Waals surface area contributed by atoms with Gasteiger partial charge in [-0.25, -0.2) is 0 Å². The standard InChI is InChI=1S/C24H32O4/c1-24-9-8-16(25)12-15(24)5-7-19-18-6-4-14(11-17-3-2-10-28-17)23(27)20(18)13-21(26)22(19)24/h2-3,10-11,15-16,18-22,25-26H,4-9,12-13H2,1H3. The molecule has 8 atom stereocenters. The lowest BCUT2D eigenvalue weighted by Crippen LogP contribution is -2.58. The summed E-state index contributed by atoms with van der Waals surface area (Å²) in [5.74, 6) is 2.57. The summed E-state index contributed by atoms with van der Waals surface area (Å²) in [6.07, 6.45) is 10.4.